The van der Waals surface area contributed by atoms with E-state index in [1.54, 1.807) is 29.1 Å². The Kier molecular flexibility index (Phi) is 3.21. The smallest absolute Gasteiger partial charge is 0.299 e. The third kappa shape index (κ3) is 2.18. The number of anilines is 1. The Morgan fingerprint density at radius 2 is 2.10 bits per heavy atom. The van der Waals surface area contributed by atoms with Crippen molar-refractivity contribution in [2.24, 2.45) is 0 Å². The van der Waals surface area contributed by atoms with Crippen LogP contribution in [0.2, 0.25) is 0 Å². The lowest BCUT2D eigenvalue weighted by Crippen LogP contribution is -2.28. The molecular weight excluding hydrogens is 270 g/mol. The molecule has 0 saturated carbocycles. The maximum absolute atomic E-state index is 12.2. The lowest BCUT2D eigenvalue weighted by molar-refractivity contribution is -0.114. The second-order valence-corrected chi connectivity index (χ2v) is 4.81. The molecule has 21 heavy (non-hydrogen) atoms. The Hall–Kier alpha value is -2.63. The molecule has 0 spiro atoms. The van der Waals surface area contributed by atoms with Gasteiger partial charge >= 0.3 is 0 Å². The Labute approximate surface area is 121 Å². The average molecular weight is 285 g/mol. The lowest BCUT2D eigenvalue weighted by Gasteiger charge is -2.15. The number of carbonyl (C=O) groups excluding carboxylic acids is 2. The molecule has 1 aliphatic heterocycles. The molecule has 0 fully saturated rings. The fourth-order valence-corrected chi connectivity index (χ4v) is 2.41. The van der Waals surface area contributed by atoms with Crippen LogP contribution in [0, 0.1) is 0 Å². The van der Waals surface area contributed by atoms with Gasteiger partial charge in [-0.3, -0.25) is 14.3 Å². The first-order chi connectivity index (χ1) is 10.1. The van der Waals surface area contributed by atoms with Crippen LogP contribution in [0.4, 0.5) is 5.69 Å². The van der Waals surface area contributed by atoms with Crippen molar-refractivity contribution < 1.29 is 14.3 Å². The lowest BCUT2D eigenvalue weighted by atomic mass is 10.1. The van der Waals surface area contributed by atoms with Crippen molar-refractivity contribution in [3.63, 3.8) is 0 Å². The SMILES string of the molecule is CCn1cc(CN2C(=O)C(=O)c3cc(OC)ccc32)cn1. The standard InChI is InChI=1S/C15H15N3O3/c1-3-17-8-10(7-16-17)9-18-13-5-4-11(21-2)6-12(13)14(19)15(18)20/h4-8H,3,9H2,1-2H3. The first kappa shape index (κ1) is 13.4. The number of aryl methyl sites for hydroxylation is 1. The summed E-state index contributed by atoms with van der Waals surface area (Å²) in [7, 11) is 1.53. The maximum Gasteiger partial charge on any atom is 0.299 e. The summed E-state index contributed by atoms with van der Waals surface area (Å²) in [6.45, 7) is 3.09. The Morgan fingerprint density at radius 3 is 2.76 bits per heavy atom. The molecule has 0 atom stereocenters. The van der Waals surface area contributed by atoms with E-state index in [9.17, 15) is 9.59 Å². The zero-order valence-corrected chi connectivity index (χ0v) is 11.9. The number of ketones is 1. The third-order valence-corrected chi connectivity index (χ3v) is 3.53. The molecule has 0 aliphatic carbocycles. The molecule has 1 aromatic heterocycles. The second kappa shape index (κ2) is 5.05. The van der Waals surface area contributed by atoms with Gasteiger partial charge in [0.2, 0.25) is 0 Å². The molecule has 2 aromatic rings. The number of fused-ring (bicyclic) bond motifs is 1. The van der Waals surface area contributed by atoms with Crippen LogP contribution in [-0.2, 0) is 17.9 Å². The van der Waals surface area contributed by atoms with E-state index in [1.807, 2.05) is 13.1 Å². The molecule has 0 unspecified atom stereocenters. The topological polar surface area (TPSA) is 64.4 Å². The van der Waals surface area contributed by atoms with E-state index < -0.39 is 11.7 Å². The first-order valence-corrected chi connectivity index (χ1v) is 6.69. The van der Waals surface area contributed by atoms with Gasteiger partial charge in [0, 0.05) is 18.3 Å². The van der Waals surface area contributed by atoms with Crippen molar-refractivity contribution in [3.8, 4) is 5.75 Å². The van der Waals surface area contributed by atoms with E-state index in [2.05, 4.69) is 5.10 Å². The zero-order chi connectivity index (χ0) is 15.0. The number of amides is 1. The van der Waals surface area contributed by atoms with Crippen molar-refractivity contribution in [2.45, 2.75) is 20.0 Å². The summed E-state index contributed by atoms with van der Waals surface area (Å²) in [5.74, 6) is -0.440. The first-order valence-electron chi connectivity index (χ1n) is 6.69. The number of nitrogens with zero attached hydrogens (tertiary/aromatic N) is 3. The van der Waals surface area contributed by atoms with E-state index in [0.29, 0.717) is 23.5 Å². The average Bonchev–Trinajstić information content (AvgIpc) is 3.06. The predicted molar refractivity (Wildman–Crippen MR) is 76.4 cm³/mol. The number of methoxy groups -OCH3 is 1. The predicted octanol–water partition coefficient (Wildman–Crippen LogP) is 1.64. The van der Waals surface area contributed by atoms with Gasteiger partial charge in [-0.25, -0.2) is 0 Å². The van der Waals surface area contributed by atoms with Crippen LogP contribution in [0.5, 0.6) is 5.75 Å². The van der Waals surface area contributed by atoms with Gasteiger partial charge in [0.05, 0.1) is 31.1 Å². The summed E-state index contributed by atoms with van der Waals surface area (Å²) in [6, 6.07) is 5.08. The van der Waals surface area contributed by atoms with Crippen molar-refractivity contribution in [2.75, 3.05) is 12.0 Å². The van der Waals surface area contributed by atoms with Crippen LogP contribution in [-0.4, -0.2) is 28.6 Å². The van der Waals surface area contributed by atoms with Crippen LogP contribution < -0.4 is 9.64 Å². The highest BCUT2D eigenvalue weighted by atomic mass is 16.5. The monoisotopic (exact) mass is 285 g/mol. The summed E-state index contributed by atoms with van der Waals surface area (Å²) in [6.07, 6.45) is 3.59. The van der Waals surface area contributed by atoms with Gasteiger partial charge in [0.25, 0.3) is 11.7 Å². The number of carbonyl (C=O) groups is 2. The van der Waals surface area contributed by atoms with Crippen molar-refractivity contribution >= 4 is 17.4 Å². The highest BCUT2D eigenvalue weighted by molar-refractivity contribution is 6.52. The van der Waals surface area contributed by atoms with E-state index in [4.69, 9.17) is 4.74 Å². The second-order valence-electron chi connectivity index (χ2n) is 4.81. The van der Waals surface area contributed by atoms with Crippen molar-refractivity contribution in [3.05, 3.63) is 41.7 Å². The van der Waals surface area contributed by atoms with Gasteiger partial charge in [0.15, 0.2) is 0 Å². The van der Waals surface area contributed by atoms with Gasteiger partial charge in [-0.15, -0.1) is 0 Å². The van der Waals surface area contributed by atoms with Crippen molar-refractivity contribution in [1.29, 1.82) is 0 Å². The minimum absolute atomic E-state index is 0.337. The summed E-state index contributed by atoms with van der Waals surface area (Å²) < 4.78 is 6.88. The minimum Gasteiger partial charge on any atom is -0.497 e. The van der Waals surface area contributed by atoms with Crippen LogP contribution in [0.25, 0.3) is 0 Å². The van der Waals surface area contributed by atoms with Crippen LogP contribution in [0.15, 0.2) is 30.6 Å². The summed E-state index contributed by atoms with van der Waals surface area (Å²) in [5.41, 5.74) is 1.90. The molecular formula is C15H15N3O3. The zero-order valence-electron chi connectivity index (χ0n) is 11.9. The largest absolute Gasteiger partial charge is 0.497 e. The fourth-order valence-electron chi connectivity index (χ4n) is 2.41. The number of hydrogen-bond donors (Lipinski definition) is 0. The van der Waals surface area contributed by atoms with Crippen molar-refractivity contribution in [1.82, 2.24) is 9.78 Å². The molecule has 0 bridgehead atoms. The summed E-state index contributed by atoms with van der Waals surface area (Å²) in [4.78, 5) is 25.7. The van der Waals surface area contributed by atoms with Crippen LogP contribution in [0.1, 0.15) is 22.8 Å². The third-order valence-electron chi connectivity index (χ3n) is 3.53. The molecule has 6 nitrogen and oxygen atoms in total. The summed E-state index contributed by atoms with van der Waals surface area (Å²) in [5, 5.41) is 4.18. The number of benzene rings is 1. The number of ether oxygens (including phenoxy) is 1. The highest BCUT2D eigenvalue weighted by Crippen LogP contribution is 2.33. The molecule has 0 saturated heterocycles. The Morgan fingerprint density at radius 1 is 1.29 bits per heavy atom. The van der Waals surface area contributed by atoms with Gasteiger partial charge < -0.3 is 9.64 Å². The van der Waals surface area contributed by atoms with E-state index in [1.165, 1.54) is 12.0 Å². The summed E-state index contributed by atoms with van der Waals surface area (Å²) >= 11 is 0. The van der Waals surface area contributed by atoms with E-state index >= 15 is 0 Å². The van der Waals surface area contributed by atoms with Gasteiger partial charge in [-0.05, 0) is 25.1 Å². The molecule has 0 radical (unpaired) electrons. The quantitative estimate of drug-likeness (QED) is 0.801. The highest BCUT2D eigenvalue weighted by Gasteiger charge is 2.36. The van der Waals surface area contributed by atoms with Crippen LogP contribution in [0.3, 0.4) is 0 Å². The molecule has 1 amide bonds. The van der Waals surface area contributed by atoms with Gasteiger partial charge in [-0.2, -0.15) is 5.10 Å². The number of Topliss-reactive ketones (excluding diaryl/α,β-unsaturated/α-hetero) is 1. The number of hydrogen-bond acceptors (Lipinski definition) is 4. The number of rotatable bonds is 4. The van der Waals surface area contributed by atoms with Gasteiger partial charge in [0.1, 0.15) is 5.75 Å². The molecule has 108 valence electrons. The normalized spacial score (nSPS) is 13.7. The molecule has 2 heterocycles. The molecule has 1 aliphatic rings. The molecule has 6 heteroatoms. The molecule has 0 N–H and O–H groups in total. The molecule has 1 aromatic carbocycles. The van der Waals surface area contributed by atoms with E-state index in [0.717, 1.165) is 12.1 Å². The Balaban J connectivity index is 1.93. The van der Waals surface area contributed by atoms with E-state index in [-0.39, 0.29) is 0 Å². The number of aromatic nitrogens is 2. The fraction of sp³-hybridized carbons (Fsp3) is 0.267. The maximum atomic E-state index is 12.2. The molecule has 3 rings (SSSR count). The minimum atomic E-state index is -0.512. The Bertz CT molecular complexity index is 721. The van der Waals surface area contributed by atoms with Gasteiger partial charge in [-0.1, -0.05) is 0 Å². The van der Waals surface area contributed by atoms with Crippen LogP contribution >= 0.6 is 0 Å².